The molecule has 1 unspecified atom stereocenters. The highest BCUT2D eigenvalue weighted by molar-refractivity contribution is 9.10. The first-order chi connectivity index (χ1) is 11.1. The van der Waals surface area contributed by atoms with Crippen LogP contribution in [0, 0.1) is 6.92 Å². The van der Waals surface area contributed by atoms with Gasteiger partial charge in [0.2, 0.25) is 0 Å². The zero-order valence-corrected chi connectivity index (χ0v) is 15.0. The lowest BCUT2D eigenvalue weighted by molar-refractivity contribution is 0.380. The predicted octanol–water partition coefficient (Wildman–Crippen LogP) is 3.02. The summed E-state index contributed by atoms with van der Waals surface area (Å²) in [6, 6.07) is 0. The van der Waals surface area contributed by atoms with Crippen molar-refractivity contribution in [1.82, 2.24) is 23.8 Å². The normalized spacial score (nSPS) is 17.3. The molecule has 3 aromatic heterocycles. The molecule has 0 amide bonds. The number of halogens is 1. The molecule has 0 aromatic carbocycles. The fourth-order valence-electron chi connectivity index (χ4n) is 2.59. The summed E-state index contributed by atoms with van der Waals surface area (Å²) in [5.41, 5.74) is 2.86. The maximum absolute atomic E-state index is 4.55. The third-order valence-corrected chi connectivity index (χ3v) is 5.85. The van der Waals surface area contributed by atoms with E-state index in [9.17, 15) is 0 Å². The molecule has 0 fully saturated rings. The summed E-state index contributed by atoms with van der Waals surface area (Å²) in [5.74, 6) is 0.953. The second kappa shape index (κ2) is 5.57. The lowest BCUT2D eigenvalue weighted by Gasteiger charge is -2.10. The molecule has 9 heteroatoms. The van der Waals surface area contributed by atoms with Gasteiger partial charge in [0.15, 0.2) is 11.5 Å². The maximum atomic E-state index is 4.55. The molecule has 0 spiro atoms. The summed E-state index contributed by atoms with van der Waals surface area (Å²) in [5, 5.41) is 10.5. The summed E-state index contributed by atoms with van der Waals surface area (Å²) >= 11 is 4.94. The molecule has 4 rings (SSSR count). The molecule has 0 saturated carbocycles. The quantitative estimate of drug-likeness (QED) is 0.742. The molecule has 1 N–H and O–H groups in total. The minimum Gasteiger partial charge on any atom is -0.327 e. The second-order valence-electron chi connectivity index (χ2n) is 5.40. The van der Waals surface area contributed by atoms with Gasteiger partial charge < -0.3 is 5.32 Å². The van der Waals surface area contributed by atoms with Crippen LogP contribution >= 0.6 is 27.5 Å². The molecule has 3 aromatic rings. The van der Waals surface area contributed by atoms with Gasteiger partial charge in [-0.15, -0.1) is 0 Å². The minimum absolute atomic E-state index is 0.239. The van der Waals surface area contributed by atoms with Crippen LogP contribution in [-0.4, -0.2) is 43.6 Å². The van der Waals surface area contributed by atoms with Gasteiger partial charge in [-0.3, -0.25) is 9.41 Å². The zero-order chi connectivity index (χ0) is 16.0. The van der Waals surface area contributed by atoms with Gasteiger partial charge in [0.1, 0.15) is 5.00 Å². The lowest BCUT2D eigenvalue weighted by atomic mass is 10.1. The van der Waals surface area contributed by atoms with E-state index in [1.807, 2.05) is 37.6 Å². The smallest absolute Gasteiger partial charge is 0.180 e. The number of aromatic nitrogens is 4. The van der Waals surface area contributed by atoms with Crippen LogP contribution in [-0.2, 0) is 0 Å². The highest BCUT2D eigenvalue weighted by Crippen LogP contribution is 2.33. The van der Waals surface area contributed by atoms with E-state index in [1.54, 1.807) is 6.20 Å². The van der Waals surface area contributed by atoms with Gasteiger partial charge in [-0.05, 0) is 34.4 Å². The number of hydrogen-bond donors (Lipinski definition) is 1. The van der Waals surface area contributed by atoms with Crippen LogP contribution in [0.3, 0.4) is 0 Å². The number of anilines is 2. The van der Waals surface area contributed by atoms with Crippen molar-refractivity contribution in [2.24, 2.45) is 5.10 Å². The molecule has 7 nitrogen and oxygen atoms in total. The predicted molar refractivity (Wildman–Crippen MR) is 94.7 cm³/mol. The average Bonchev–Trinajstić information content (AvgIpc) is 3.23. The van der Waals surface area contributed by atoms with Crippen LogP contribution in [0.25, 0.3) is 5.65 Å². The van der Waals surface area contributed by atoms with Gasteiger partial charge in [-0.2, -0.15) is 9.47 Å². The van der Waals surface area contributed by atoms with Crippen LogP contribution in [0.15, 0.2) is 28.2 Å². The molecule has 0 bridgehead atoms. The van der Waals surface area contributed by atoms with Crippen molar-refractivity contribution in [3.63, 3.8) is 0 Å². The van der Waals surface area contributed by atoms with Crippen molar-refractivity contribution in [2.45, 2.75) is 12.8 Å². The maximum Gasteiger partial charge on any atom is 0.180 e. The fraction of sp³-hybridized carbons (Fsp3) is 0.286. The second-order valence-corrected chi connectivity index (χ2v) is 6.97. The van der Waals surface area contributed by atoms with E-state index in [4.69, 9.17) is 0 Å². The van der Waals surface area contributed by atoms with E-state index in [0.29, 0.717) is 5.82 Å². The van der Waals surface area contributed by atoms with Gasteiger partial charge >= 0.3 is 0 Å². The Morgan fingerprint density at radius 1 is 1.39 bits per heavy atom. The standard InChI is InChI=1S/C14H14BrN7S/c1-8-11(15)14(23-20-8)19-12-13-17-6-10(22(13)4-3-16-12)9-5-18-21(2)7-9/h3-6,9H,7H2,1-2H3,(H,16,19). The van der Waals surface area contributed by atoms with Gasteiger partial charge in [-0.25, -0.2) is 9.97 Å². The molecule has 4 heterocycles. The molecule has 1 aliphatic rings. The number of fused-ring (bicyclic) bond motifs is 1. The Morgan fingerprint density at radius 3 is 2.96 bits per heavy atom. The Balaban J connectivity index is 1.73. The Kier molecular flexibility index (Phi) is 3.53. The monoisotopic (exact) mass is 391 g/mol. The highest BCUT2D eigenvalue weighted by Gasteiger charge is 2.21. The van der Waals surface area contributed by atoms with Crippen LogP contribution in [0.4, 0.5) is 10.8 Å². The molecule has 1 atom stereocenters. The van der Waals surface area contributed by atoms with Crippen LogP contribution in [0.1, 0.15) is 17.3 Å². The van der Waals surface area contributed by atoms with E-state index in [1.165, 1.54) is 11.5 Å². The summed E-state index contributed by atoms with van der Waals surface area (Å²) in [7, 11) is 1.97. The third kappa shape index (κ3) is 2.49. The molecular weight excluding hydrogens is 378 g/mol. The Morgan fingerprint density at radius 2 is 2.26 bits per heavy atom. The first-order valence-electron chi connectivity index (χ1n) is 7.09. The Bertz CT molecular complexity index is 900. The molecule has 118 valence electrons. The number of likely N-dealkylation sites (N-methyl/N-ethyl adjacent to an activating group) is 1. The van der Waals surface area contributed by atoms with Crippen molar-refractivity contribution in [2.75, 3.05) is 18.9 Å². The molecule has 0 saturated heterocycles. The van der Waals surface area contributed by atoms with Crippen molar-refractivity contribution in [3.05, 3.63) is 34.5 Å². The van der Waals surface area contributed by atoms with Crippen molar-refractivity contribution >= 4 is 50.1 Å². The summed E-state index contributed by atoms with van der Waals surface area (Å²) in [4.78, 5) is 8.97. The number of aryl methyl sites for hydroxylation is 1. The van der Waals surface area contributed by atoms with Gasteiger partial charge in [-0.1, -0.05) is 0 Å². The largest absolute Gasteiger partial charge is 0.327 e. The molecule has 0 aliphatic carbocycles. The minimum atomic E-state index is 0.239. The number of hydrogen-bond acceptors (Lipinski definition) is 7. The van der Waals surface area contributed by atoms with Gasteiger partial charge in [0.25, 0.3) is 0 Å². The molecular formula is C14H14BrN7S. The average molecular weight is 392 g/mol. The van der Waals surface area contributed by atoms with Crippen LogP contribution in [0.2, 0.25) is 0 Å². The number of nitrogens with one attached hydrogen (secondary N) is 1. The summed E-state index contributed by atoms with van der Waals surface area (Å²) < 4.78 is 7.35. The van der Waals surface area contributed by atoms with Crippen molar-refractivity contribution < 1.29 is 0 Å². The lowest BCUT2D eigenvalue weighted by Crippen LogP contribution is -2.13. The first kappa shape index (κ1) is 14.6. The molecule has 23 heavy (non-hydrogen) atoms. The number of imidazole rings is 1. The Hall–Kier alpha value is -2.00. The molecule has 1 aliphatic heterocycles. The topological polar surface area (TPSA) is 70.7 Å². The highest BCUT2D eigenvalue weighted by atomic mass is 79.9. The SMILES string of the molecule is Cc1nsc(Nc2nccn3c(C4C=NN(C)C4)cnc23)c1Br. The summed E-state index contributed by atoms with van der Waals surface area (Å²) in [6.07, 6.45) is 7.56. The first-order valence-corrected chi connectivity index (χ1v) is 8.66. The number of rotatable bonds is 3. The van der Waals surface area contributed by atoms with Crippen molar-refractivity contribution in [1.29, 1.82) is 0 Å². The van der Waals surface area contributed by atoms with Crippen LogP contribution in [0.5, 0.6) is 0 Å². The van der Waals surface area contributed by atoms with E-state index < -0.39 is 0 Å². The van der Waals surface area contributed by atoms with Gasteiger partial charge in [0, 0.05) is 32.2 Å². The molecule has 0 radical (unpaired) electrons. The van der Waals surface area contributed by atoms with E-state index in [0.717, 1.165) is 33.1 Å². The van der Waals surface area contributed by atoms with Gasteiger partial charge in [0.05, 0.1) is 28.0 Å². The summed E-state index contributed by atoms with van der Waals surface area (Å²) in [6.45, 7) is 2.82. The van der Waals surface area contributed by atoms with Crippen LogP contribution < -0.4 is 5.32 Å². The Labute approximate surface area is 145 Å². The zero-order valence-electron chi connectivity index (χ0n) is 12.6. The van der Waals surface area contributed by atoms with Crippen molar-refractivity contribution in [3.8, 4) is 0 Å². The van der Waals surface area contributed by atoms with E-state index in [2.05, 4.69) is 45.1 Å². The van der Waals surface area contributed by atoms with E-state index >= 15 is 0 Å². The number of hydrazone groups is 1. The van der Waals surface area contributed by atoms with E-state index in [-0.39, 0.29) is 5.92 Å². The fourth-order valence-corrected chi connectivity index (χ4v) is 3.80. The number of nitrogens with zero attached hydrogens (tertiary/aromatic N) is 6. The third-order valence-electron chi connectivity index (χ3n) is 3.76.